The van der Waals surface area contributed by atoms with Crippen molar-refractivity contribution in [2.75, 3.05) is 16.8 Å². The Morgan fingerprint density at radius 3 is 2.18 bits per heavy atom. The number of carbonyl (C=O) groups is 2. The van der Waals surface area contributed by atoms with Gasteiger partial charge in [0.05, 0.1) is 17.9 Å². The standard InChI is InChI=1S/C29H30N2O3/c1-6-15-34-24-13-10-22(11-14-24)26-27(30-25-16-18(2)7-8-20(25)4)29(33)31(28(26)32)23-12-9-19(3)21(5)17-23/h7-14,16-17,30H,6,15H2,1-5H3. The summed E-state index contributed by atoms with van der Waals surface area (Å²) in [4.78, 5) is 28.6. The molecule has 1 N–H and O–H groups in total. The number of nitrogens with one attached hydrogen (secondary N) is 1. The van der Waals surface area contributed by atoms with Gasteiger partial charge < -0.3 is 10.1 Å². The Balaban J connectivity index is 1.80. The molecule has 3 aromatic carbocycles. The first-order valence-electron chi connectivity index (χ1n) is 11.6. The van der Waals surface area contributed by atoms with Crippen LogP contribution in [0.5, 0.6) is 5.75 Å². The lowest BCUT2D eigenvalue weighted by atomic mass is 10.0. The number of carbonyl (C=O) groups excluding carboxylic acids is 2. The van der Waals surface area contributed by atoms with E-state index in [-0.39, 0.29) is 17.5 Å². The molecule has 0 saturated heterocycles. The Morgan fingerprint density at radius 1 is 0.794 bits per heavy atom. The smallest absolute Gasteiger partial charge is 0.282 e. The molecule has 1 heterocycles. The van der Waals surface area contributed by atoms with Crippen LogP contribution in [0.15, 0.2) is 66.4 Å². The van der Waals surface area contributed by atoms with Crippen LogP contribution in [0.1, 0.15) is 41.2 Å². The molecule has 0 saturated carbocycles. The quantitative estimate of drug-likeness (QED) is 0.438. The molecule has 0 aromatic heterocycles. The van der Waals surface area contributed by atoms with E-state index in [1.165, 1.54) is 4.90 Å². The Hall–Kier alpha value is -3.86. The first-order chi connectivity index (χ1) is 16.3. The summed E-state index contributed by atoms with van der Waals surface area (Å²) >= 11 is 0. The molecule has 174 valence electrons. The predicted octanol–water partition coefficient (Wildman–Crippen LogP) is 6.11. The second-order valence-corrected chi connectivity index (χ2v) is 8.78. The number of benzene rings is 3. The molecule has 5 nitrogen and oxygen atoms in total. The van der Waals surface area contributed by atoms with Gasteiger partial charge >= 0.3 is 0 Å². The Bertz CT molecular complexity index is 1290. The van der Waals surface area contributed by atoms with E-state index in [0.29, 0.717) is 23.4 Å². The topological polar surface area (TPSA) is 58.6 Å². The summed E-state index contributed by atoms with van der Waals surface area (Å²) in [6, 6.07) is 19.0. The fraction of sp³-hybridized carbons (Fsp3) is 0.241. The molecular weight excluding hydrogens is 424 g/mol. The third-order valence-corrected chi connectivity index (χ3v) is 6.10. The molecule has 1 aliphatic rings. The third kappa shape index (κ3) is 4.46. The van der Waals surface area contributed by atoms with E-state index in [1.807, 2.05) is 88.4 Å². The Labute approximate surface area is 201 Å². The minimum Gasteiger partial charge on any atom is -0.494 e. The molecule has 34 heavy (non-hydrogen) atoms. The average Bonchev–Trinajstić information content (AvgIpc) is 3.06. The lowest BCUT2D eigenvalue weighted by Gasteiger charge is -2.17. The van der Waals surface area contributed by atoms with Crippen LogP contribution in [0.3, 0.4) is 0 Å². The molecule has 4 rings (SSSR count). The number of imide groups is 1. The van der Waals surface area contributed by atoms with Gasteiger partial charge in [-0.05, 0) is 92.3 Å². The molecule has 0 radical (unpaired) electrons. The number of ether oxygens (including phenoxy) is 1. The van der Waals surface area contributed by atoms with Gasteiger partial charge in [-0.25, -0.2) is 4.90 Å². The molecule has 0 atom stereocenters. The zero-order valence-corrected chi connectivity index (χ0v) is 20.4. The van der Waals surface area contributed by atoms with Crippen molar-refractivity contribution in [3.05, 3.63) is 94.2 Å². The van der Waals surface area contributed by atoms with Crippen LogP contribution in [0.2, 0.25) is 0 Å². The molecule has 0 unspecified atom stereocenters. The van der Waals surface area contributed by atoms with Crippen molar-refractivity contribution in [3.63, 3.8) is 0 Å². The second-order valence-electron chi connectivity index (χ2n) is 8.78. The number of hydrogen-bond acceptors (Lipinski definition) is 4. The van der Waals surface area contributed by atoms with E-state index < -0.39 is 0 Å². The Kier molecular flexibility index (Phi) is 6.55. The number of rotatable bonds is 7. The van der Waals surface area contributed by atoms with Gasteiger partial charge in [0.2, 0.25) is 0 Å². The normalized spacial score (nSPS) is 13.6. The molecule has 0 bridgehead atoms. The minimum absolute atomic E-state index is 0.277. The van der Waals surface area contributed by atoms with Crippen LogP contribution < -0.4 is 15.0 Å². The van der Waals surface area contributed by atoms with E-state index >= 15 is 0 Å². The van der Waals surface area contributed by atoms with Crippen molar-refractivity contribution in [2.45, 2.75) is 41.0 Å². The van der Waals surface area contributed by atoms with Gasteiger partial charge in [0.1, 0.15) is 11.4 Å². The fourth-order valence-corrected chi connectivity index (χ4v) is 3.96. The van der Waals surface area contributed by atoms with Crippen LogP contribution in [0.25, 0.3) is 5.57 Å². The van der Waals surface area contributed by atoms with Crippen LogP contribution in [0, 0.1) is 27.7 Å². The first-order valence-corrected chi connectivity index (χ1v) is 11.6. The first kappa shape index (κ1) is 23.3. The highest BCUT2D eigenvalue weighted by molar-refractivity contribution is 6.46. The highest BCUT2D eigenvalue weighted by Gasteiger charge is 2.40. The van der Waals surface area contributed by atoms with Gasteiger partial charge in [0, 0.05) is 5.69 Å². The zero-order chi connectivity index (χ0) is 24.4. The summed E-state index contributed by atoms with van der Waals surface area (Å²) in [5, 5.41) is 3.29. The molecule has 2 amide bonds. The van der Waals surface area contributed by atoms with E-state index in [1.54, 1.807) is 0 Å². The zero-order valence-electron chi connectivity index (χ0n) is 20.4. The summed E-state index contributed by atoms with van der Waals surface area (Å²) < 4.78 is 5.69. The summed E-state index contributed by atoms with van der Waals surface area (Å²) in [6.07, 6.45) is 0.911. The van der Waals surface area contributed by atoms with Crippen molar-refractivity contribution >= 4 is 28.8 Å². The summed E-state index contributed by atoms with van der Waals surface area (Å²) in [5.74, 6) is 0.0248. The second kappa shape index (κ2) is 9.56. The van der Waals surface area contributed by atoms with Crippen molar-refractivity contribution < 1.29 is 14.3 Å². The molecule has 0 spiro atoms. The van der Waals surface area contributed by atoms with Crippen molar-refractivity contribution in [1.29, 1.82) is 0 Å². The number of amides is 2. The van der Waals surface area contributed by atoms with E-state index in [4.69, 9.17) is 4.74 Å². The van der Waals surface area contributed by atoms with Gasteiger partial charge in [-0.3, -0.25) is 9.59 Å². The number of hydrogen-bond donors (Lipinski definition) is 1. The third-order valence-electron chi connectivity index (χ3n) is 6.10. The maximum absolute atomic E-state index is 13.7. The summed E-state index contributed by atoms with van der Waals surface area (Å²) in [5.41, 5.74) is 6.85. The lowest BCUT2D eigenvalue weighted by molar-refractivity contribution is -0.120. The summed E-state index contributed by atoms with van der Waals surface area (Å²) in [6.45, 7) is 10.6. The monoisotopic (exact) mass is 454 g/mol. The van der Waals surface area contributed by atoms with Crippen molar-refractivity contribution in [2.24, 2.45) is 0 Å². The van der Waals surface area contributed by atoms with Gasteiger partial charge in [0.15, 0.2) is 0 Å². The van der Waals surface area contributed by atoms with Gasteiger partial charge in [-0.15, -0.1) is 0 Å². The van der Waals surface area contributed by atoms with Crippen molar-refractivity contribution in [1.82, 2.24) is 0 Å². The average molecular weight is 455 g/mol. The number of nitrogens with zero attached hydrogens (tertiary/aromatic N) is 1. The maximum Gasteiger partial charge on any atom is 0.282 e. The van der Waals surface area contributed by atoms with Gasteiger partial charge in [0.25, 0.3) is 11.8 Å². The highest BCUT2D eigenvalue weighted by atomic mass is 16.5. The minimum atomic E-state index is -0.365. The molecule has 5 heteroatoms. The van der Waals surface area contributed by atoms with E-state index in [2.05, 4.69) is 12.2 Å². The van der Waals surface area contributed by atoms with Crippen molar-refractivity contribution in [3.8, 4) is 5.75 Å². The largest absolute Gasteiger partial charge is 0.494 e. The van der Waals surface area contributed by atoms with Gasteiger partial charge in [-0.2, -0.15) is 0 Å². The van der Waals surface area contributed by atoms with E-state index in [0.717, 1.165) is 40.1 Å². The SMILES string of the molecule is CCCOc1ccc(C2=C(Nc3cc(C)ccc3C)C(=O)N(c3ccc(C)c(C)c3)C2=O)cc1. The molecular formula is C29H30N2O3. The predicted molar refractivity (Wildman–Crippen MR) is 137 cm³/mol. The highest BCUT2D eigenvalue weighted by Crippen LogP contribution is 2.35. The number of aryl methyl sites for hydroxylation is 4. The van der Waals surface area contributed by atoms with Crippen LogP contribution >= 0.6 is 0 Å². The van der Waals surface area contributed by atoms with Crippen LogP contribution in [0.4, 0.5) is 11.4 Å². The Morgan fingerprint density at radius 2 is 1.50 bits per heavy atom. The lowest BCUT2D eigenvalue weighted by Crippen LogP contribution is -2.32. The maximum atomic E-state index is 13.7. The van der Waals surface area contributed by atoms with Crippen LogP contribution in [-0.2, 0) is 9.59 Å². The van der Waals surface area contributed by atoms with Crippen LogP contribution in [-0.4, -0.2) is 18.4 Å². The fourth-order valence-electron chi connectivity index (χ4n) is 3.96. The molecule has 0 aliphatic carbocycles. The summed E-state index contributed by atoms with van der Waals surface area (Å²) in [7, 11) is 0. The molecule has 3 aromatic rings. The number of anilines is 2. The van der Waals surface area contributed by atoms with E-state index in [9.17, 15) is 9.59 Å². The van der Waals surface area contributed by atoms with Gasteiger partial charge in [-0.1, -0.05) is 37.3 Å². The molecule has 0 fully saturated rings. The molecule has 1 aliphatic heterocycles.